The fraction of sp³-hybridized carbons (Fsp3) is 0.375. The zero-order valence-corrected chi connectivity index (χ0v) is 7.57. The van der Waals surface area contributed by atoms with Gasteiger partial charge in [0.05, 0.1) is 18.3 Å². The number of aliphatic carboxylic acids is 1. The van der Waals surface area contributed by atoms with Gasteiger partial charge in [-0.15, -0.1) is 0 Å². The van der Waals surface area contributed by atoms with Crippen molar-refractivity contribution in [3.8, 4) is 0 Å². The van der Waals surface area contributed by atoms with Crippen LogP contribution < -0.4 is 5.32 Å². The second-order valence-corrected chi connectivity index (χ2v) is 2.85. The van der Waals surface area contributed by atoms with E-state index in [0.29, 0.717) is 0 Å². The van der Waals surface area contributed by atoms with Crippen molar-refractivity contribution in [3.63, 3.8) is 0 Å². The molecule has 0 aliphatic heterocycles. The summed E-state index contributed by atoms with van der Waals surface area (Å²) in [4.78, 5) is 17.7. The minimum atomic E-state index is -0.903. The molecule has 1 aromatic heterocycles. The summed E-state index contributed by atoms with van der Waals surface area (Å²) in [6.45, 7) is 1.76. The Morgan fingerprint density at radius 3 is 2.71 bits per heavy atom. The van der Waals surface area contributed by atoms with Crippen molar-refractivity contribution in [1.82, 2.24) is 9.97 Å². The Hall–Kier alpha value is -1.72. The molecular formula is C8H10FN3O2. The molecule has 6 heteroatoms. The molecule has 0 amide bonds. The maximum atomic E-state index is 12.4. The highest BCUT2D eigenvalue weighted by Gasteiger charge is 2.10. The van der Waals surface area contributed by atoms with Crippen LogP contribution in [-0.2, 0) is 4.79 Å². The third-order valence-corrected chi connectivity index (χ3v) is 1.61. The van der Waals surface area contributed by atoms with Crippen LogP contribution in [0.4, 0.5) is 10.3 Å². The second kappa shape index (κ2) is 4.50. The Labute approximate surface area is 80.0 Å². The van der Waals surface area contributed by atoms with E-state index in [4.69, 9.17) is 5.11 Å². The summed E-state index contributed by atoms with van der Waals surface area (Å²) in [6, 6.07) is 0. The monoisotopic (exact) mass is 199 g/mol. The fourth-order valence-electron chi connectivity index (χ4n) is 0.735. The number of aromatic nitrogens is 2. The minimum absolute atomic E-state index is 0.209. The zero-order valence-electron chi connectivity index (χ0n) is 7.57. The van der Waals surface area contributed by atoms with Crippen LogP contribution in [0.2, 0.25) is 0 Å². The molecule has 2 N–H and O–H groups in total. The fourth-order valence-corrected chi connectivity index (χ4v) is 0.735. The smallest absolute Gasteiger partial charge is 0.308 e. The van der Waals surface area contributed by atoms with E-state index in [0.717, 1.165) is 12.4 Å². The lowest BCUT2D eigenvalue weighted by Crippen LogP contribution is -2.20. The van der Waals surface area contributed by atoms with Crippen LogP contribution in [0.3, 0.4) is 0 Å². The molecule has 0 spiro atoms. The van der Waals surface area contributed by atoms with E-state index >= 15 is 0 Å². The van der Waals surface area contributed by atoms with Gasteiger partial charge < -0.3 is 10.4 Å². The number of nitrogens with one attached hydrogen (secondary N) is 1. The van der Waals surface area contributed by atoms with E-state index in [1.165, 1.54) is 0 Å². The molecule has 0 saturated carbocycles. The molecule has 1 unspecified atom stereocenters. The van der Waals surface area contributed by atoms with E-state index in [1.807, 2.05) is 0 Å². The Balaban J connectivity index is 2.46. The molecule has 14 heavy (non-hydrogen) atoms. The number of carbonyl (C=O) groups is 1. The Kier molecular flexibility index (Phi) is 3.33. The lowest BCUT2D eigenvalue weighted by atomic mass is 10.2. The molecule has 1 aromatic rings. The average molecular weight is 199 g/mol. The summed E-state index contributed by atoms with van der Waals surface area (Å²) in [5, 5.41) is 11.2. The molecule has 1 heterocycles. The van der Waals surface area contributed by atoms with Gasteiger partial charge in [0, 0.05) is 6.54 Å². The first-order chi connectivity index (χ1) is 6.59. The van der Waals surface area contributed by atoms with Crippen LogP contribution in [0.1, 0.15) is 6.92 Å². The molecule has 0 aliphatic rings. The maximum Gasteiger partial charge on any atom is 0.308 e. The highest BCUT2D eigenvalue weighted by Crippen LogP contribution is 2.00. The van der Waals surface area contributed by atoms with Gasteiger partial charge in [0.1, 0.15) is 0 Å². The minimum Gasteiger partial charge on any atom is -0.481 e. The van der Waals surface area contributed by atoms with E-state index in [-0.39, 0.29) is 12.5 Å². The van der Waals surface area contributed by atoms with Crippen molar-refractivity contribution in [2.24, 2.45) is 5.92 Å². The van der Waals surface area contributed by atoms with Crippen LogP contribution in [0.15, 0.2) is 12.4 Å². The third kappa shape index (κ3) is 2.96. The van der Waals surface area contributed by atoms with Crippen molar-refractivity contribution in [3.05, 3.63) is 18.2 Å². The Morgan fingerprint density at radius 1 is 1.64 bits per heavy atom. The van der Waals surface area contributed by atoms with Crippen LogP contribution >= 0.6 is 0 Å². The van der Waals surface area contributed by atoms with Crippen LogP contribution in [0.25, 0.3) is 0 Å². The summed E-state index contributed by atoms with van der Waals surface area (Å²) in [5.41, 5.74) is 0. The molecule has 0 bridgehead atoms. The van der Waals surface area contributed by atoms with E-state index in [2.05, 4.69) is 15.3 Å². The Bertz CT molecular complexity index is 315. The largest absolute Gasteiger partial charge is 0.481 e. The molecule has 0 aliphatic carbocycles. The topological polar surface area (TPSA) is 75.1 Å². The number of carboxylic acid groups (broad SMARTS) is 1. The van der Waals surface area contributed by atoms with Crippen molar-refractivity contribution in [1.29, 1.82) is 0 Å². The Morgan fingerprint density at radius 2 is 2.21 bits per heavy atom. The number of rotatable bonds is 4. The number of hydrogen-bond donors (Lipinski definition) is 2. The third-order valence-electron chi connectivity index (χ3n) is 1.61. The van der Waals surface area contributed by atoms with Crippen molar-refractivity contribution in [2.75, 3.05) is 11.9 Å². The standard InChI is InChI=1S/C8H10FN3O2/c1-5(7(13)14)2-10-8-11-3-6(9)4-12-8/h3-5H,2H2,1H3,(H,13,14)(H,10,11,12). The van der Waals surface area contributed by atoms with Crippen molar-refractivity contribution < 1.29 is 14.3 Å². The van der Waals surface area contributed by atoms with Gasteiger partial charge in [0.2, 0.25) is 5.95 Å². The van der Waals surface area contributed by atoms with Gasteiger partial charge in [-0.25, -0.2) is 14.4 Å². The summed E-state index contributed by atoms with van der Waals surface area (Å²) in [7, 11) is 0. The maximum absolute atomic E-state index is 12.4. The number of nitrogens with zero attached hydrogens (tertiary/aromatic N) is 2. The molecule has 1 atom stereocenters. The first-order valence-corrected chi connectivity index (χ1v) is 4.04. The highest BCUT2D eigenvalue weighted by molar-refractivity contribution is 5.70. The molecule has 0 fully saturated rings. The summed E-state index contributed by atoms with van der Waals surface area (Å²) in [6.07, 6.45) is 2.03. The molecule has 5 nitrogen and oxygen atoms in total. The van der Waals surface area contributed by atoms with Gasteiger partial charge in [-0.3, -0.25) is 4.79 Å². The van der Waals surface area contributed by atoms with Crippen molar-refractivity contribution >= 4 is 11.9 Å². The van der Waals surface area contributed by atoms with Gasteiger partial charge in [-0.1, -0.05) is 6.92 Å². The quantitative estimate of drug-likeness (QED) is 0.748. The lowest BCUT2D eigenvalue weighted by Gasteiger charge is -2.07. The van der Waals surface area contributed by atoms with Gasteiger partial charge in [-0.05, 0) is 0 Å². The first-order valence-electron chi connectivity index (χ1n) is 4.04. The first kappa shape index (κ1) is 10.4. The molecule has 76 valence electrons. The van der Waals surface area contributed by atoms with Crippen molar-refractivity contribution in [2.45, 2.75) is 6.92 Å². The predicted octanol–water partition coefficient (Wildman–Crippen LogP) is 0.748. The average Bonchev–Trinajstić information content (AvgIpc) is 2.16. The van der Waals surface area contributed by atoms with Crippen LogP contribution in [0.5, 0.6) is 0 Å². The van der Waals surface area contributed by atoms with Gasteiger partial charge in [0.25, 0.3) is 0 Å². The van der Waals surface area contributed by atoms with Crippen LogP contribution in [0, 0.1) is 11.7 Å². The molecule has 0 aromatic carbocycles. The van der Waals surface area contributed by atoms with Gasteiger partial charge in [-0.2, -0.15) is 0 Å². The van der Waals surface area contributed by atoms with E-state index in [9.17, 15) is 9.18 Å². The lowest BCUT2D eigenvalue weighted by molar-refractivity contribution is -0.140. The van der Waals surface area contributed by atoms with E-state index < -0.39 is 17.7 Å². The number of carboxylic acids is 1. The molecular weight excluding hydrogens is 189 g/mol. The second-order valence-electron chi connectivity index (χ2n) is 2.85. The number of halogens is 1. The zero-order chi connectivity index (χ0) is 10.6. The molecule has 0 radical (unpaired) electrons. The van der Waals surface area contributed by atoms with E-state index in [1.54, 1.807) is 6.92 Å². The van der Waals surface area contributed by atoms with Gasteiger partial charge in [0.15, 0.2) is 5.82 Å². The number of hydrogen-bond acceptors (Lipinski definition) is 4. The summed E-state index contributed by atoms with van der Waals surface area (Å²) in [5.74, 6) is -1.75. The summed E-state index contributed by atoms with van der Waals surface area (Å²) < 4.78 is 12.4. The molecule has 1 rings (SSSR count). The highest BCUT2D eigenvalue weighted by atomic mass is 19.1. The normalized spacial score (nSPS) is 12.1. The molecule has 0 saturated heterocycles. The van der Waals surface area contributed by atoms with Gasteiger partial charge >= 0.3 is 5.97 Å². The predicted molar refractivity (Wildman–Crippen MR) is 47.3 cm³/mol. The summed E-state index contributed by atoms with van der Waals surface area (Å²) >= 11 is 0. The SMILES string of the molecule is CC(CNc1ncc(F)cn1)C(=O)O. The van der Waals surface area contributed by atoms with Crippen LogP contribution in [-0.4, -0.2) is 27.6 Å². The number of anilines is 1.